The molecule has 0 amide bonds. The number of nitrogens with one attached hydrogen (secondary N) is 1. The van der Waals surface area contributed by atoms with E-state index in [4.69, 9.17) is 5.11 Å². The Bertz CT molecular complexity index is 335. The zero-order valence-electron chi connectivity index (χ0n) is 8.69. The molecule has 4 atom stereocenters. The zero-order valence-corrected chi connectivity index (χ0v) is 8.69. The van der Waals surface area contributed by atoms with E-state index in [1.165, 1.54) is 6.33 Å². The molecule has 16 heavy (non-hydrogen) atoms. The highest BCUT2D eigenvalue weighted by molar-refractivity contribution is 5.34. The van der Waals surface area contributed by atoms with Gasteiger partial charge in [-0.25, -0.2) is 9.97 Å². The summed E-state index contributed by atoms with van der Waals surface area (Å²) in [6.07, 6.45) is 1.75. The minimum Gasteiger partial charge on any atom is -0.396 e. The Kier molecular flexibility index (Phi) is 3.33. The minimum atomic E-state index is -0.885. The van der Waals surface area contributed by atoms with Crippen molar-refractivity contribution in [1.82, 2.24) is 9.97 Å². The van der Waals surface area contributed by atoms with Crippen molar-refractivity contribution in [3.63, 3.8) is 0 Å². The second kappa shape index (κ2) is 4.73. The monoisotopic (exact) mass is 225 g/mol. The third kappa shape index (κ3) is 2.13. The van der Waals surface area contributed by atoms with E-state index in [0.717, 1.165) is 0 Å². The van der Waals surface area contributed by atoms with Crippen LogP contribution in [-0.4, -0.2) is 50.1 Å². The van der Waals surface area contributed by atoms with E-state index in [2.05, 4.69) is 15.3 Å². The molecule has 0 spiro atoms. The second-order valence-electron chi connectivity index (χ2n) is 4.00. The van der Waals surface area contributed by atoms with Crippen LogP contribution in [0, 0.1) is 5.92 Å². The summed E-state index contributed by atoms with van der Waals surface area (Å²) < 4.78 is 0. The maximum atomic E-state index is 9.75. The molecule has 0 bridgehead atoms. The molecule has 4 N–H and O–H groups in total. The van der Waals surface area contributed by atoms with Crippen molar-refractivity contribution in [2.75, 3.05) is 11.9 Å². The van der Waals surface area contributed by atoms with Gasteiger partial charge in [-0.05, 0) is 12.5 Å². The summed E-state index contributed by atoms with van der Waals surface area (Å²) >= 11 is 0. The van der Waals surface area contributed by atoms with Crippen LogP contribution in [0.1, 0.15) is 6.42 Å². The topological polar surface area (TPSA) is 98.5 Å². The van der Waals surface area contributed by atoms with E-state index in [1.807, 2.05) is 0 Å². The van der Waals surface area contributed by atoms with Gasteiger partial charge < -0.3 is 20.6 Å². The summed E-state index contributed by atoms with van der Waals surface area (Å²) in [4.78, 5) is 7.76. The van der Waals surface area contributed by atoms with Crippen molar-refractivity contribution in [1.29, 1.82) is 0 Å². The molecule has 1 heterocycles. The highest BCUT2D eigenvalue weighted by Gasteiger charge is 2.41. The van der Waals surface area contributed by atoms with E-state index >= 15 is 0 Å². The first kappa shape index (κ1) is 11.3. The van der Waals surface area contributed by atoms with Gasteiger partial charge in [0.25, 0.3) is 0 Å². The van der Waals surface area contributed by atoms with Crippen molar-refractivity contribution < 1.29 is 15.3 Å². The Balaban J connectivity index is 2.01. The quantitative estimate of drug-likeness (QED) is 0.526. The summed E-state index contributed by atoms with van der Waals surface area (Å²) in [6, 6.07) is 1.40. The summed E-state index contributed by atoms with van der Waals surface area (Å²) in [6.45, 7) is -0.125. The molecule has 0 aliphatic heterocycles. The molecule has 1 aliphatic rings. The van der Waals surface area contributed by atoms with Gasteiger partial charge in [0.05, 0.1) is 12.1 Å². The Morgan fingerprint density at radius 3 is 2.75 bits per heavy atom. The van der Waals surface area contributed by atoms with Gasteiger partial charge in [-0.3, -0.25) is 0 Å². The highest BCUT2D eigenvalue weighted by Crippen LogP contribution is 2.28. The van der Waals surface area contributed by atoms with E-state index in [9.17, 15) is 10.2 Å². The first-order chi connectivity index (χ1) is 7.72. The largest absolute Gasteiger partial charge is 0.396 e. The number of anilines is 1. The Hall–Kier alpha value is -1.24. The lowest BCUT2D eigenvalue weighted by atomic mass is 10.1. The molecule has 6 heteroatoms. The minimum absolute atomic E-state index is 0.125. The zero-order chi connectivity index (χ0) is 11.5. The third-order valence-corrected chi connectivity index (χ3v) is 2.95. The van der Waals surface area contributed by atoms with Crippen LogP contribution in [-0.2, 0) is 0 Å². The summed E-state index contributed by atoms with van der Waals surface area (Å²) in [5.41, 5.74) is 0. The average Bonchev–Trinajstić information content (AvgIpc) is 2.58. The van der Waals surface area contributed by atoms with Crippen molar-refractivity contribution in [2.45, 2.75) is 24.7 Å². The van der Waals surface area contributed by atoms with Crippen LogP contribution < -0.4 is 5.32 Å². The van der Waals surface area contributed by atoms with E-state index in [-0.39, 0.29) is 18.6 Å². The van der Waals surface area contributed by atoms with E-state index in [0.29, 0.717) is 12.2 Å². The summed E-state index contributed by atoms with van der Waals surface area (Å²) in [5, 5.41) is 31.4. The number of aliphatic hydroxyl groups excluding tert-OH is 3. The Morgan fingerprint density at radius 1 is 1.38 bits per heavy atom. The van der Waals surface area contributed by atoms with Crippen LogP contribution in [0.25, 0.3) is 0 Å². The van der Waals surface area contributed by atoms with Gasteiger partial charge in [0.1, 0.15) is 18.2 Å². The maximum absolute atomic E-state index is 9.75. The van der Waals surface area contributed by atoms with Gasteiger partial charge in [0, 0.05) is 18.7 Å². The predicted octanol–water partition coefficient (Wildman–Crippen LogP) is -1.01. The van der Waals surface area contributed by atoms with Gasteiger partial charge in [0.2, 0.25) is 0 Å². The Labute approximate surface area is 93.0 Å². The molecule has 0 aromatic carbocycles. The normalized spacial score (nSPS) is 33.9. The van der Waals surface area contributed by atoms with Crippen LogP contribution >= 0.6 is 0 Å². The van der Waals surface area contributed by atoms with E-state index < -0.39 is 12.2 Å². The predicted molar refractivity (Wildman–Crippen MR) is 56.6 cm³/mol. The lowest BCUT2D eigenvalue weighted by molar-refractivity contribution is 0.00445. The first-order valence-corrected chi connectivity index (χ1v) is 5.22. The lowest BCUT2D eigenvalue weighted by Gasteiger charge is -2.18. The highest BCUT2D eigenvalue weighted by atomic mass is 16.3. The number of hydrogen-bond acceptors (Lipinski definition) is 6. The van der Waals surface area contributed by atoms with Crippen molar-refractivity contribution >= 4 is 5.82 Å². The molecule has 0 radical (unpaired) electrons. The van der Waals surface area contributed by atoms with Crippen LogP contribution in [0.5, 0.6) is 0 Å². The molecule has 1 aromatic rings. The summed E-state index contributed by atoms with van der Waals surface area (Å²) in [5.74, 6) is 0.319. The Morgan fingerprint density at radius 2 is 2.19 bits per heavy atom. The van der Waals surface area contributed by atoms with Crippen LogP contribution in [0.2, 0.25) is 0 Å². The number of rotatable bonds is 3. The fourth-order valence-corrected chi connectivity index (χ4v) is 2.01. The molecule has 2 unspecified atom stereocenters. The van der Waals surface area contributed by atoms with Gasteiger partial charge >= 0.3 is 0 Å². The molecule has 2 rings (SSSR count). The fourth-order valence-electron chi connectivity index (χ4n) is 2.01. The van der Waals surface area contributed by atoms with Gasteiger partial charge in [-0.2, -0.15) is 0 Å². The third-order valence-electron chi connectivity index (χ3n) is 2.95. The van der Waals surface area contributed by atoms with Crippen LogP contribution in [0.3, 0.4) is 0 Å². The fraction of sp³-hybridized carbons (Fsp3) is 0.600. The molecule has 1 saturated carbocycles. The number of hydrogen-bond donors (Lipinski definition) is 4. The van der Waals surface area contributed by atoms with Gasteiger partial charge in [0.15, 0.2) is 0 Å². The lowest BCUT2D eigenvalue weighted by Crippen LogP contribution is -2.35. The molecule has 1 fully saturated rings. The average molecular weight is 225 g/mol. The van der Waals surface area contributed by atoms with Gasteiger partial charge in [-0.1, -0.05) is 0 Å². The molecule has 1 aromatic heterocycles. The molecular weight excluding hydrogens is 210 g/mol. The van der Waals surface area contributed by atoms with Gasteiger partial charge in [-0.15, -0.1) is 0 Å². The van der Waals surface area contributed by atoms with Crippen LogP contribution in [0.15, 0.2) is 18.6 Å². The second-order valence-corrected chi connectivity index (χ2v) is 4.00. The molecule has 0 saturated heterocycles. The molecule has 1 aliphatic carbocycles. The number of nitrogens with zero attached hydrogens (tertiary/aromatic N) is 2. The van der Waals surface area contributed by atoms with E-state index in [1.54, 1.807) is 12.3 Å². The van der Waals surface area contributed by atoms with Crippen molar-refractivity contribution in [3.8, 4) is 0 Å². The number of aliphatic hydroxyl groups is 3. The van der Waals surface area contributed by atoms with Crippen molar-refractivity contribution in [3.05, 3.63) is 18.6 Å². The first-order valence-electron chi connectivity index (χ1n) is 5.22. The number of aromatic nitrogens is 2. The maximum Gasteiger partial charge on any atom is 0.129 e. The van der Waals surface area contributed by atoms with Crippen molar-refractivity contribution in [2.24, 2.45) is 5.92 Å². The molecular formula is C10H15N3O3. The summed E-state index contributed by atoms with van der Waals surface area (Å²) in [7, 11) is 0. The van der Waals surface area contributed by atoms with Crippen LogP contribution in [0.4, 0.5) is 5.82 Å². The standard InChI is InChI=1S/C10H15N3O3/c14-4-6-3-7(10(16)9(6)15)13-8-1-2-11-5-12-8/h1-2,5-7,9-10,14-16H,3-4H2,(H,11,12,13)/t6?,7?,9-,10+/m1/s1. The molecule has 88 valence electrons. The molecule has 6 nitrogen and oxygen atoms in total. The SMILES string of the molecule is OCC1CC(Nc2ccncn2)[C@H](O)[C@@H]1O. The smallest absolute Gasteiger partial charge is 0.129 e.